The van der Waals surface area contributed by atoms with Crippen LogP contribution in [0.1, 0.15) is 28.3 Å². The summed E-state index contributed by atoms with van der Waals surface area (Å²) in [7, 11) is 1.43. The van der Waals surface area contributed by atoms with Gasteiger partial charge in [-0.1, -0.05) is 12.1 Å². The van der Waals surface area contributed by atoms with Gasteiger partial charge in [-0.15, -0.1) is 0 Å². The zero-order chi connectivity index (χ0) is 18.5. The Morgan fingerprint density at radius 1 is 1.27 bits per heavy atom. The minimum atomic E-state index is -1.06. The summed E-state index contributed by atoms with van der Waals surface area (Å²) in [4.78, 5) is 11.3. The lowest BCUT2D eigenvalue weighted by atomic mass is 9.81. The minimum absolute atomic E-state index is 0.0712. The van der Waals surface area contributed by atoms with Gasteiger partial charge in [-0.25, -0.2) is 9.18 Å². The SMILES string of the molecule is COc1ccc(OC[C@@H]2CNCC[C@H]2c2ccc(F)cc2)cc1C(=O)O. The predicted molar refractivity (Wildman–Crippen MR) is 95.6 cm³/mol. The number of ether oxygens (including phenoxy) is 2. The molecular weight excluding hydrogens is 337 g/mol. The molecule has 2 N–H and O–H groups in total. The molecule has 0 bridgehead atoms. The van der Waals surface area contributed by atoms with Crippen LogP contribution in [0.3, 0.4) is 0 Å². The second-order valence-electron chi connectivity index (χ2n) is 6.39. The predicted octanol–water partition coefficient (Wildman–Crippen LogP) is 3.30. The van der Waals surface area contributed by atoms with Crippen molar-refractivity contribution in [2.75, 3.05) is 26.8 Å². The number of nitrogens with one attached hydrogen (secondary N) is 1. The van der Waals surface area contributed by atoms with E-state index in [1.807, 2.05) is 12.1 Å². The average Bonchev–Trinajstić information content (AvgIpc) is 2.67. The second kappa shape index (κ2) is 8.19. The van der Waals surface area contributed by atoms with Crippen LogP contribution in [0.4, 0.5) is 4.39 Å². The van der Waals surface area contributed by atoms with Gasteiger partial charge in [0, 0.05) is 12.5 Å². The van der Waals surface area contributed by atoms with Crippen molar-refractivity contribution in [3.05, 3.63) is 59.4 Å². The lowest BCUT2D eigenvalue weighted by Crippen LogP contribution is -2.38. The molecular formula is C20H22FNO4. The van der Waals surface area contributed by atoms with E-state index in [1.165, 1.54) is 25.3 Å². The molecule has 1 heterocycles. The zero-order valence-electron chi connectivity index (χ0n) is 14.6. The van der Waals surface area contributed by atoms with E-state index >= 15 is 0 Å². The van der Waals surface area contributed by atoms with Gasteiger partial charge in [-0.05, 0) is 54.8 Å². The molecule has 26 heavy (non-hydrogen) atoms. The van der Waals surface area contributed by atoms with Crippen LogP contribution in [0.5, 0.6) is 11.5 Å². The molecule has 0 radical (unpaired) electrons. The number of methoxy groups -OCH3 is 1. The first-order chi connectivity index (χ1) is 12.6. The number of carboxylic acid groups (broad SMARTS) is 1. The highest BCUT2D eigenvalue weighted by Crippen LogP contribution is 2.32. The highest BCUT2D eigenvalue weighted by atomic mass is 19.1. The van der Waals surface area contributed by atoms with Gasteiger partial charge in [-0.3, -0.25) is 0 Å². The summed E-state index contributed by atoms with van der Waals surface area (Å²) in [5.74, 6) is -0.0237. The topological polar surface area (TPSA) is 67.8 Å². The second-order valence-corrected chi connectivity index (χ2v) is 6.39. The fourth-order valence-corrected chi connectivity index (χ4v) is 3.39. The molecule has 3 rings (SSSR count). The zero-order valence-corrected chi connectivity index (χ0v) is 14.6. The van der Waals surface area contributed by atoms with Crippen molar-refractivity contribution in [3.63, 3.8) is 0 Å². The molecule has 138 valence electrons. The van der Waals surface area contributed by atoms with Crippen LogP contribution in [-0.4, -0.2) is 37.9 Å². The lowest BCUT2D eigenvalue weighted by Gasteiger charge is -2.32. The van der Waals surface area contributed by atoms with Crippen LogP contribution in [0.25, 0.3) is 0 Å². The summed E-state index contributed by atoms with van der Waals surface area (Å²) in [6, 6.07) is 11.4. The number of benzene rings is 2. The quantitative estimate of drug-likeness (QED) is 0.828. The van der Waals surface area contributed by atoms with E-state index in [0.29, 0.717) is 18.1 Å². The molecule has 2 aromatic carbocycles. The molecule has 1 saturated heterocycles. The molecule has 0 saturated carbocycles. The van der Waals surface area contributed by atoms with E-state index in [-0.39, 0.29) is 23.2 Å². The van der Waals surface area contributed by atoms with E-state index < -0.39 is 5.97 Å². The molecule has 1 aliphatic heterocycles. The van der Waals surface area contributed by atoms with Crippen LogP contribution in [0.2, 0.25) is 0 Å². The highest BCUT2D eigenvalue weighted by Gasteiger charge is 2.27. The summed E-state index contributed by atoms with van der Waals surface area (Å²) in [6.07, 6.45) is 0.947. The fraction of sp³-hybridized carbons (Fsp3) is 0.350. The maximum absolute atomic E-state index is 13.2. The van der Waals surface area contributed by atoms with Crippen molar-refractivity contribution < 1.29 is 23.8 Å². The van der Waals surface area contributed by atoms with Gasteiger partial charge in [0.25, 0.3) is 0 Å². The summed E-state index contributed by atoms with van der Waals surface area (Å²) >= 11 is 0. The smallest absolute Gasteiger partial charge is 0.339 e. The Hall–Kier alpha value is -2.60. The lowest BCUT2D eigenvalue weighted by molar-refractivity contribution is 0.0692. The Morgan fingerprint density at radius 3 is 2.73 bits per heavy atom. The number of aromatic carboxylic acids is 1. The minimum Gasteiger partial charge on any atom is -0.496 e. The van der Waals surface area contributed by atoms with Gasteiger partial charge < -0.3 is 19.9 Å². The Balaban J connectivity index is 1.72. The Bertz CT molecular complexity index is 763. The van der Waals surface area contributed by atoms with E-state index in [9.17, 15) is 14.3 Å². The molecule has 2 atom stereocenters. The maximum Gasteiger partial charge on any atom is 0.339 e. The van der Waals surface area contributed by atoms with E-state index in [0.717, 1.165) is 25.1 Å². The number of hydrogen-bond donors (Lipinski definition) is 2. The van der Waals surface area contributed by atoms with Crippen molar-refractivity contribution in [2.45, 2.75) is 12.3 Å². The number of piperidine rings is 1. The van der Waals surface area contributed by atoms with Crippen molar-refractivity contribution in [1.29, 1.82) is 0 Å². The van der Waals surface area contributed by atoms with Gasteiger partial charge in [0.05, 0.1) is 13.7 Å². The van der Waals surface area contributed by atoms with Crippen LogP contribution in [0, 0.1) is 11.7 Å². The highest BCUT2D eigenvalue weighted by molar-refractivity contribution is 5.91. The van der Waals surface area contributed by atoms with Crippen molar-refractivity contribution in [2.24, 2.45) is 5.92 Å². The number of rotatable bonds is 6. The largest absolute Gasteiger partial charge is 0.496 e. The molecule has 0 aliphatic carbocycles. The Kier molecular flexibility index (Phi) is 5.73. The summed E-state index contributed by atoms with van der Waals surface area (Å²) < 4.78 is 24.1. The average molecular weight is 359 g/mol. The van der Waals surface area contributed by atoms with Crippen molar-refractivity contribution in [1.82, 2.24) is 5.32 Å². The molecule has 0 amide bonds. The molecule has 6 heteroatoms. The Labute approximate surface area is 151 Å². The summed E-state index contributed by atoms with van der Waals surface area (Å²) in [6.45, 7) is 2.15. The third kappa shape index (κ3) is 4.14. The summed E-state index contributed by atoms with van der Waals surface area (Å²) in [5.41, 5.74) is 1.17. The molecule has 0 spiro atoms. The van der Waals surface area contributed by atoms with Crippen molar-refractivity contribution >= 4 is 5.97 Å². The molecule has 0 aromatic heterocycles. The van der Waals surface area contributed by atoms with Crippen molar-refractivity contribution in [3.8, 4) is 11.5 Å². The number of carbonyl (C=O) groups is 1. The molecule has 2 aromatic rings. The van der Waals surface area contributed by atoms with Crippen LogP contribution >= 0.6 is 0 Å². The van der Waals surface area contributed by atoms with E-state index in [2.05, 4.69) is 5.32 Å². The molecule has 1 aliphatic rings. The fourth-order valence-electron chi connectivity index (χ4n) is 3.39. The first kappa shape index (κ1) is 18.2. The van der Waals surface area contributed by atoms with E-state index in [4.69, 9.17) is 9.47 Å². The van der Waals surface area contributed by atoms with Gasteiger partial charge in [0.1, 0.15) is 22.9 Å². The number of halogens is 1. The molecule has 1 fully saturated rings. The molecule has 0 unspecified atom stereocenters. The third-order valence-electron chi connectivity index (χ3n) is 4.77. The first-order valence-electron chi connectivity index (χ1n) is 8.59. The van der Waals surface area contributed by atoms with Gasteiger partial charge in [-0.2, -0.15) is 0 Å². The third-order valence-corrected chi connectivity index (χ3v) is 4.77. The van der Waals surface area contributed by atoms with Crippen LogP contribution < -0.4 is 14.8 Å². The van der Waals surface area contributed by atoms with Crippen LogP contribution in [-0.2, 0) is 0 Å². The number of carboxylic acids is 1. The van der Waals surface area contributed by atoms with Crippen LogP contribution in [0.15, 0.2) is 42.5 Å². The number of hydrogen-bond acceptors (Lipinski definition) is 4. The normalized spacial score (nSPS) is 19.8. The van der Waals surface area contributed by atoms with Gasteiger partial charge >= 0.3 is 5.97 Å². The monoisotopic (exact) mass is 359 g/mol. The van der Waals surface area contributed by atoms with Gasteiger partial charge in [0.15, 0.2) is 0 Å². The maximum atomic E-state index is 13.2. The molecule has 5 nitrogen and oxygen atoms in total. The summed E-state index contributed by atoms with van der Waals surface area (Å²) in [5, 5.41) is 12.6. The Morgan fingerprint density at radius 2 is 2.04 bits per heavy atom. The van der Waals surface area contributed by atoms with Gasteiger partial charge in [0.2, 0.25) is 0 Å². The van der Waals surface area contributed by atoms with E-state index in [1.54, 1.807) is 12.1 Å². The standard InChI is InChI=1S/C20H22FNO4/c1-25-19-7-6-16(10-18(19)20(23)24)26-12-14-11-22-9-8-17(14)13-2-4-15(21)5-3-13/h2-7,10,14,17,22H,8-9,11-12H2,1H3,(H,23,24)/t14-,17-/m0/s1. The first-order valence-corrected chi connectivity index (χ1v) is 8.59.